The van der Waals surface area contributed by atoms with Gasteiger partial charge < -0.3 is 0 Å². The number of benzene rings is 1. The first-order chi connectivity index (χ1) is 8.77. The Morgan fingerprint density at radius 1 is 0.778 bits per heavy atom. The number of hydrogen-bond acceptors (Lipinski definition) is 3. The standard InChI is InChI=1S/C15H13NO2/c17-14(12-4-2-1-3-5-12)6-7-15(18)13-8-10-16-11-9-13/h1-5,8-11H,6-7H2. The van der Waals surface area contributed by atoms with Crippen molar-refractivity contribution in [3.8, 4) is 0 Å². The van der Waals surface area contributed by atoms with Crippen molar-refractivity contribution < 1.29 is 9.59 Å². The third-order valence-corrected chi connectivity index (χ3v) is 2.68. The number of aromatic nitrogens is 1. The van der Waals surface area contributed by atoms with Crippen molar-refractivity contribution >= 4 is 11.6 Å². The molecule has 0 fully saturated rings. The molecule has 0 amide bonds. The van der Waals surface area contributed by atoms with E-state index in [9.17, 15) is 9.59 Å². The molecule has 0 saturated heterocycles. The largest absolute Gasteiger partial charge is 0.294 e. The summed E-state index contributed by atoms with van der Waals surface area (Å²) in [6, 6.07) is 12.3. The molecule has 0 radical (unpaired) electrons. The van der Waals surface area contributed by atoms with Gasteiger partial charge in [0.1, 0.15) is 0 Å². The first-order valence-corrected chi connectivity index (χ1v) is 5.79. The summed E-state index contributed by atoms with van der Waals surface area (Å²) in [5.74, 6) is -0.0281. The van der Waals surface area contributed by atoms with Crippen LogP contribution in [-0.2, 0) is 0 Å². The van der Waals surface area contributed by atoms with Gasteiger partial charge in [-0.15, -0.1) is 0 Å². The van der Waals surface area contributed by atoms with Gasteiger partial charge in [0.15, 0.2) is 11.6 Å². The first-order valence-electron chi connectivity index (χ1n) is 5.79. The monoisotopic (exact) mass is 239 g/mol. The van der Waals surface area contributed by atoms with Crippen molar-refractivity contribution in [2.75, 3.05) is 0 Å². The van der Waals surface area contributed by atoms with E-state index in [4.69, 9.17) is 0 Å². The lowest BCUT2D eigenvalue weighted by molar-refractivity contribution is 0.0917. The molecule has 0 N–H and O–H groups in total. The summed E-state index contributed by atoms with van der Waals surface area (Å²) in [6.45, 7) is 0. The van der Waals surface area contributed by atoms with E-state index >= 15 is 0 Å². The summed E-state index contributed by atoms with van der Waals surface area (Å²) < 4.78 is 0. The predicted molar refractivity (Wildman–Crippen MR) is 68.6 cm³/mol. The molecule has 0 aliphatic heterocycles. The Hall–Kier alpha value is -2.29. The molecule has 3 nitrogen and oxygen atoms in total. The average Bonchev–Trinajstić information content (AvgIpc) is 2.46. The zero-order valence-corrected chi connectivity index (χ0v) is 9.87. The van der Waals surface area contributed by atoms with Gasteiger partial charge in [-0.1, -0.05) is 30.3 Å². The van der Waals surface area contributed by atoms with Crippen LogP contribution in [0.1, 0.15) is 33.6 Å². The second-order valence-electron chi connectivity index (χ2n) is 3.95. The van der Waals surface area contributed by atoms with Crippen LogP contribution in [0.2, 0.25) is 0 Å². The van der Waals surface area contributed by atoms with Crippen molar-refractivity contribution in [2.45, 2.75) is 12.8 Å². The third kappa shape index (κ3) is 3.10. The van der Waals surface area contributed by atoms with Gasteiger partial charge in [0.05, 0.1) is 0 Å². The summed E-state index contributed by atoms with van der Waals surface area (Å²) in [4.78, 5) is 27.5. The molecule has 0 bridgehead atoms. The molecule has 0 aliphatic carbocycles. The van der Waals surface area contributed by atoms with Crippen LogP contribution in [0.3, 0.4) is 0 Å². The number of Topliss-reactive ketones (excluding diaryl/α,β-unsaturated/α-hetero) is 2. The fourth-order valence-corrected chi connectivity index (χ4v) is 1.68. The second kappa shape index (κ2) is 5.87. The molecule has 1 aromatic carbocycles. The van der Waals surface area contributed by atoms with E-state index in [1.807, 2.05) is 18.2 Å². The number of carbonyl (C=O) groups is 2. The minimum absolute atomic E-state index is 0.00185. The van der Waals surface area contributed by atoms with Gasteiger partial charge in [0.25, 0.3) is 0 Å². The molecule has 0 aliphatic rings. The highest BCUT2D eigenvalue weighted by Crippen LogP contribution is 2.08. The number of nitrogens with zero attached hydrogens (tertiary/aromatic N) is 1. The van der Waals surface area contributed by atoms with Crippen LogP contribution < -0.4 is 0 Å². The van der Waals surface area contributed by atoms with E-state index < -0.39 is 0 Å². The van der Waals surface area contributed by atoms with Crippen molar-refractivity contribution in [1.82, 2.24) is 4.98 Å². The number of carbonyl (C=O) groups excluding carboxylic acids is 2. The van der Waals surface area contributed by atoms with Crippen LogP contribution in [0.25, 0.3) is 0 Å². The van der Waals surface area contributed by atoms with Crippen LogP contribution in [0.15, 0.2) is 54.9 Å². The molecule has 2 aromatic rings. The maximum atomic E-state index is 11.8. The molecular formula is C15H13NO2. The molecule has 2 rings (SSSR count). The van der Waals surface area contributed by atoms with E-state index in [1.54, 1.807) is 36.7 Å². The molecule has 90 valence electrons. The van der Waals surface area contributed by atoms with E-state index in [2.05, 4.69) is 4.98 Å². The van der Waals surface area contributed by atoms with Gasteiger partial charge in [-0.05, 0) is 12.1 Å². The minimum atomic E-state index is -0.0262. The Bertz CT molecular complexity index is 483. The van der Waals surface area contributed by atoms with Crippen LogP contribution in [0.5, 0.6) is 0 Å². The molecule has 0 atom stereocenters. The zero-order chi connectivity index (χ0) is 12.8. The zero-order valence-electron chi connectivity index (χ0n) is 9.87. The Morgan fingerprint density at radius 3 is 1.83 bits per heavy atom. The van der Waals surface area contributed by atoms with Gasteiger partial charge in [0.2, 0.25) is 0 Å². The number of pyridine rings is 1. The lowest BCUT2D eigenvalue weighted by Crippen LogP contribution is -2.05. The number of hydrogen-bond donors (Lipinski definition) is 0. The van der Waals surface area contributed by atoms with Crippen LogP contribution in [0.4, 0.5) is 0 Å². The summed E-state index contributed by atoms with van der Waals surface area (Å²) >= 11 is 0. The molecule has 3 heteroatoms. The van der Waals surface area contributed by atoms with Crippen LogP contribution in [-0.4, -0.2) is 16.6 Å². The van der Waals surface area contributed by atoms with Gasteiger partial charge >= 0.3 is 0 Å². The molecule has 1 heterocycles. The Morgan fingerprint density at radius 2 is 1.28 bits per heavy atom. The molecule has 0 spiro atoms. The summed E-state index contributed by atoms with van der Waals surface area (Å²) in [7, 11) is 0. The van der Waals surface area contributed by atoms with Crippen LogP contribution >= 0.6 is 0 Å². The van der Waals surface area contributed by atoms with Gasteiger partial charge in [-0.25, -0.2) is 0 Å². The van der Waals surface area contributed by atoms with E-state index in [0.29, 0.717) is 11.1 Å². The predicted octanol–water partition coefficient (Wildman–Crippen LogP) is 2.93. The van der Waals surface area contributed by atoms with Crippen molar-refractivity contribution in [3.63, 3.8) is 0 Å². The highest BCUT2D eigenvalue weighted by atomic mass is 16.1. The Balaban J connectivity index is 1.93. The van der Waals surface area contributed by atoms with E-state index in [1.165, 1.54) is 0 Å². The smallest absolute Gasteiger partial charge is 0.163 e. The second-order valence-corrected chi connectivity index (χ2v) is 3.95. The highest BCUT2D eigenvalue weighted by Gasteiger charge is 2.10. The third-order valence-electron chi connectivity index (χ3n) is 2.68. The minimum Gasteiger partial charge on any atom is -0.294 e. The molecular weight excluding hydrogens is 226 g/mol. The SMILES string of the molecule is O=C(CCC(=O)c1ccncc1)c1ccccc1. The van der Waals surface area contributed by atoms with Gasteiger partial charge in [-0.2, -0.15) is 0 Å². The summed E-state index contributed by atoms with van der Waals surface area (Å²) in [6.07, 6.45) is 3.63. The average molecular weight is 239 g/mol. The van der Waals surface area contributed by atoms with E-state index in [-0.39, 0.29) is 24.4 Å². The Labute approximate surface area is 105 Å². The van der Waals surface area contributed by atoms with Gasteiger partial charge in [0, 0.05) is 36.4 Å². The highest BCUT2D eigenvalue weighted by molar-refractivity contribution is 6.02. The molecule has 0 unspecified atom stereocenters. The number of ketones is 2. The molecule has 1 aromatic heterocycles. The van der Waals surface area contributed by atoms with Gasteiger partial charge in [-0.3, -0.25) is 14.6 Å². The number of rotatable bonds is 5. The molecule has 18 heavy (non-hydrogen) atoms. The fourth-order valence-electron chi connectivity index (χ4n) is 1.68. The van der Waals surface area contributed by atoms with Crippen molar-refractivity contribution in [3.05, 3.63) is 66.0 Å². The maximum Gasteiger partial charge on any atom is 0.163 e. The fraction of sp³-hybridized carbons (Fsp3) is 0.133. The van der Waals surface area contributed by atoms with Crippen molar-refractivity contribution in [2.24, 2.45) is 0 Å². The molecule has 0 saturated carbocycles. The normalized spacial score (nSPS) is 10.0. The summed E-state index contributed by atoms with van der Waals surface area (Å²) in [5, 5.41) is 0. The lowest BCUT2D eigenvalue weighted by atomic mass is 10.0. The van der Waals surface area contributed by atoms with Crippen molar-refractivity contribution in [1.29, 1.82) is 0 Å². The topological polar surface area (TPSA) is 47.0 Å². The van der Waals surface area contributed by atoms with Crippen LogP contribution in [0, 0.1) is 0 Å². The first kappa shape index (κ1) is 12.2. The quantitative estimate of drug-likeness (QED) is 0.754. The lowest BCUT2D eigenvalue weighted by Gasteiger charge is -2.01. The van der Waals surface area contributed by atoms with E-state index in [0.717, 1.165) is 0 Å². The maximum absolute atomic E-state index is 11.8. The Kier molecular flexibility index (Phi) is 3.97. The summed E-state index contributed by atoms with van der Waals surface area (Å²) in [5.41, 5.74) is 1.26.